The normalized spacial score (nSPS) is 11.7. The van der Waals surface area contributed by atoms with Gasteiger partial charge >= 0.3 is 0 Å². The molecule has 0 aliphatic rings. The lowest BCUT2D eigenvalue weighted by Gasteiger charge is -2.13. The minimum absolute atomic E-state index is 0.0933. The summed E-state index contributed by atoms with van der Waals surface area (Å²) >= 11 is 0. The fourth-order valence-electron chi connectivity index (χ4n) is 3.88. The smallest absolute Gasteiger partial charge is 0.244 e. The molecule has 1 heterocycles. The fourth-order valence-corrected chi connectivity index (χ4v) is 3.88. The van der Waals surface area contributed by atoms with Crippen LogP contribution in [0.1, 0.15) is 42.1 Å². The number of ether oxygens (including phenoxy) is 2. The van der Waals surface area contributed by atoms with Gasteiger partial charge in [0.1, 0.15) is 11.5 Å². The summed E-state index contributed by atoms with van der Waals surface area (Å²) in [6.45, 7) is 4.07. The van der Waals surface area contributed by atoms with E-state index in [1.807, 2.05) is 80.7 Å². The molecule has 1 atom stereocenters. The van der Waals surface area contributed by atoms with Crippen LogP contribution in [-0.2, 0) is 11.2 Å². The maximum atomic E-state index is 12.5. The Morgan fingerprint density at radius 1 is 0.971 bits per heavy atom. The van der Waals surface area contributed by atoms with Gasteiger partial charge < -0.3 is 14.8 Å². The third kappa shape index (κ3) is 7.85. The second-order valence-corrected chi connectivity index (χ2v) is 8.45. The van der Waals surface area contributed by atoms with E-state index in [1.165, 1.54) is 5.56 Å². The summed E-state index contributed by atoms with van der Waals surface area (Å²) in [6.07, 6.45) is 10.0. The molecule has 2 aromatic carbocycles. The summed E-state index contributed by atoms with van der Waals surface area (Å²) in [6, 6.07) is 19.9. The molecule has 5 heteroatoms. The highest BCUT2D eigenvalue weighted by atomic mass is 16.5. The number of carbonyl (C=O) groups is 1. The Balaban J connectivity index is 1.63. The minimum Gasteiger partial charge on any atom is -0.497 e. The maximum Gasteiger partial charge on any atom is 0.244 e. The summed E-state index contributed by atoms with van der Waals surface area (Å²) in [5.74, 6) is 1.49. The number of benzene rings is 2. The van der Waals surface area contributed by atoms with Crippen molar-refractivity contribution in [1.82, 2.24) is 10.3 Å². The molecule has 1 aromatic heterocycles. The van der Waals surface area contributed by atoms with Gasteiger partial charge in [0.25, 0.3) is 0 Å². The first-order valence-corrected chi connectivity index (χ1v) is 11.9. The van der Waals surface area contributed by atoms with Crippen molar-refractivity contribution in [2.75, 3.05) is 14.2 Å². The number of nitrogens with one attached hydrogen (secondary N) is 1. The van der Waals surface area contributed by atoms with Crippen molar-refractivity contribution in [3.8, 4) is 11.5 Å². The highest BCUT2D eigenvalue weighted by Gasteiger charge is 2.08. The van der Waals surface area contributed by atoms with Crippen LogP contribution in [0.4, 0.5) is 0 Å². The van der Waals surface area contributed by atoms with Crippen LogP contribution in [0.15, 0.2) is 85.1 Å². The molecular formula is C30H34N2O3. The average Bonchev–Trinajstić information content (AvgIpc) is 2.88. The number of aromatic nitrogens is 1. The van der Waals surface area contributed by atoms with Crippen molar-refractivity contribution >= 4 is 11.5 Å². The van der Waals surface area contributed by atoms with E-state index in [9.17, 15) is 4.79 Å². The number of pyridine rings is 1. The van der Waals surface area contributed by atoms with Gasteiger partial charge in [-0.1, -0.05) is 42.5 Å². The van der Waals surface area contributed by atoms with E-state index >= 15 is 0 Å². The van der Waals surface area contributed by atoms with Crippen LogP contribution < -0.4 is 14.8 Å². The average molecular weight is 471 g/mol. The van der Waals surface area contributed by atoms with Crippen molar-refractivity contribution in [3.05, 3.63) is 107 Å². The number of nitrogens with zero attached hydrogens (tertiary/aromatic N) is 1. The zero-order valence-corrected chi connectivity index (χ0v) is 21.0. The Labute approximate surface area is 208 Å². The lowest BCUT2D eigenvalue weighted by molar-refractivity contribution is -0.117. The molecule has 0 bridgehead atoms. The number of amides is 1. The molecule has 0 unspecified atom stereocenters. The van der Waals surface area contributed by atoms with Gasteiger partial charge in [0.2, 0.25) is 5.91 Å². The first kappa shape index (κ1) is 25.8. The number of hydrogen-bond donors (Lipinski definition) is 1. The summed E-state index contributed by atoms with van der Waals surface area (Å²) in [4.78, 5) is 16.8. The van der Waals surface area contributed by atoms with Crippen molar-refractivity contribution in [3.63, 3.8) is 0 Å². The van der Waals surface area contributed by atoms with Gasteiger partial charge in [-0.15, -0.1) is 0 Å². The topological polar surface area (TPSA) is 60.5 Å². The zero-order valence-electron chi connectivity index (χ0n) is 21.0. The molecule has 182 valence electrons. The number of allylic oxidation sites excluding steroid dienone is 2. The van der Waals surface area contributed by atoms with Gasteiger partial charge in [-0.25, -0.2) is 0 Å². The Kier molecular flexibility index (Phi) is 9.67. The maximum absolute atomic E-state index is 12.5. The first-order valence-electron chi connectivity index (χ1n) is 11.9. The lowest BCUT2D eigenvalue weighted by atomic mass is 9.97. The molecule has 0 spiro atoms. The minimum atomic E-state index is -0.102. The van der Waals surface area contributed by atoms with Gasteiger partial charge in [-0.3, -0.25) is 9.78 Å². The molecule has 0 aliphatic carbocycles. The third-order valence-electron chi connectivity index (χ3n) is 5.90. The van der Waals surface area contributed by atoms with Gasteiger partial charge in [0.05, 0.1) is 14.2 Å². The van der Waals surface area contributed by atoms with E-state index < -0.39 is 0 Å². The fraction of sp³-hybridized carbons (Fsp3) is 0.267. The zero-order chi connectivity index (χ0) is 25.0. The molecule has 3 aromatic rings. The van der Waals surface area contributed by atoms with Crippen LogP contribution in [0.3, 0.4) is 0 Å². The summed E-state index contributed by atoms with van der Waals surface area (Å²) < 4.78 is 10.6. The molecule has 0 saturated carbocycles. The summed E-state index contributed by atoms with van der Waals surface area (Å²) in [5, 5.41) is 3.06. The highest BCUT2D eigenvalue weighted by Crippen LogP contribution is 2.27. The van der Waals surface area contributed by atoms with Crippen LogP contribution in [0, 0.1) is 6.92 Å². The first-order chi connectivity index (χ1) is 17.0. The Morgan fingerprint density at radius 2 is 1.57 bits per heavy atom. The number of hydrogen-bond acceptors (Lipinski definition) is 4. The van der Waals surface area contributed by atoms with Crippen LogP contribution in [-0.4, -0.2) is 31.2 Å². The van der Waals surface area contributed by atoms with E-state index in [0.717, 1.165) is 53.2 Å². The van der Waals surface area contributed by atoms with Gasteiger partial charge in [-0.05, 0) is 85.7 Å². The van der Waals surface area contributed by atoms with Crippen molar-refractivity contribution in [2.45, 2.75) is 39.2 Å². The predicted octanol–water partition coefficient (Wildman–Crippen LogP) is 5.92. The Bertz CT molecular complexity index is 1100. The van der Waals surface area contributed by atoms with Crippen molar-refractivity contribution in [1.29, 1.82) is 0 Å². The Morgan fingerprint density at radius 3 is 2.11 bits per heavy atom. The SMILES string of the molecule is COc1ccc(C(=CC=CC(=O)N[C@H](C)CCCc2cccnc2C)c2ccc(OC)cc2)cc1. The van der Waals surface area contributed by atoms with E-state index in [0.29, 0.717) is 0 Å². The summed E-state index contributed by atoms with van der Waals surface area (Å²) in [5.41, 5.74) is 5.39. The predicted molar refractivity (Wildman–Crippen MR) is 142 cm³/mol. The van der Waals surface area contributed by atoms with E-state index in [1.54, 1.807) is 26.4 Å². The quantitative estimate of drug-likeness (QED) is 0.279. The third-order valence-corrected chi connectivity index (χ3v) is 5.90. The largest absolute Gasteiger partial charge is 0.497 e. The molecule has 0 fully saturated rings. The van der Waals surface area contributed by atoms with Crippen LogP contribution in [0.2, 0.25) is 0 Å². The second kappa shape index (κ2) is 13.1. The molecule has 1 N–H and O–H groups in total. The van der Waals surface area contributed by atoms with E-state index in [4.69, 9.17) is 9.47 Å². The molecule has 35 heavy (non-hydrogen) atoms. The number of rotatable bonds is 11. The molecule has 5 nitrogen and oxygen atoms in total. The van der Waals surface area contributed by atoms with Gasteiger partial charge in [0.15, 0.2) is 0 Å². The van der Waals surface area contributed by atoms with Crippen LogP contribution in [0.5, 0.6) is 11.5 Å². The number of aryl methyl sites for hydroxylation is 2. The molecule has 0 saturated heterocycles. The Hall–Kier alpha value is -3.86. The second-order valence-electron chi connectivity index (χ2n) is 8.45. The molecule has 3 rings (SSSR count). The van der Waals surface area contributed by atoms with Crippen molar-refractivity contribution in [2.24, 2.45) is 0 Å². The van der Waals surface area contributed by atoms with Crippen LogP contribution >= 0.6 is 0 Å². The molecular weight excluding hydrogens is 436 g/mol. The number of carbonyl (C=O) groups excluding carboxylic acids is 1. The molecule has 0 radical (unpaired) electrons. The molecule has 0 aliphatic heterocycles. The summed E-state index contributed by atoms with van der Waals surface area (Å²) in [7, 11) is 3.30. The van der Waals surface area contributed by atoms with Gasteiger partial charge in [-0.2, -0.15) is 0 Å². The van der Waals surface area contributed by atoms with Gasteiger partial charge in [0, 0.05) is 24.0 Å². The standard InChI is InChI=1S/C30H34N2O3/c1-22(8-5-9-24-10-7-21-31-23(24)2)32-30(33)12-6-11-29(25-13-17-27(34-3)18-14-25)26-15-19-28(35-4)20-16-26/h6-7,10-22H,5,8-9H2,1-4H3,(H,32,33)/t22-/m1/s1. The highest BCUT2D eigenvalue weighted by molar-refractivity contribution is 5.89. The monoisotopic (exact) mass is 470 g/mol. The van der Waals surface area contributed by atoms with E-state index in [-0.39, 0.29) is 11.9 Å². The number of methoxy groups -OCH3 is 2. The van der Waals surface area contributed by atoms with Crippen LogP contribution in [0.25, 0.3) is 5.57 Å². The van der Waals surface area contributed by atoms with Crippen molar-refractivity contribution < 1.29 is 14.3 Å². The van der Waals surface area contributed by atoms with E-state index in [2.05, 4.69) is 16.4 Å². The molecule has 1 amide bonds. The lowest BCUT2D eigenvalue weighted by Crippen LogP contribution is -2.31.